The Morgan fingerprint density at radius 1 is 1.33 bits per heavy atom. The quantitative estimate of drug-likeness (QED) is 0.709. The molecule has 0 aromatic carbocycles. The van der Waals surface area contributed by atoms with Crippen LogP contribution in [0.4, 0.5) is 11.4 Å². The van der Waals surface area contributed by atoms with Gasteiger partial charge >= 0.3 is 5.97 Å². The van der Waals surface area contributed by atoms with E-state index in [4.69, 9.17) is 9.52 Å². The molecule has 18 heavy (non-hydrogen) atoms. The summed E-state index contributed by atoms with van der Waals surface area (Å²) in [6.45, 7) is 0. The third-order valence-electron chi connectivity index (χ3n) is 3.74. The van der Waals surface area contributed by atoms with Crippen LogP contribution in [0.2, 0.25) is 0 Å². The third-order valence-corrected chi connectivity index (χ3v) is 3.74. The van der Waals surface area contributed by atoms with Crippen LogP contribution in [-0.2, 0) is 4.79 Å². The van der Waals surface area contributed by atoms with Gasteiger partial charge in [-0.15, -0.1) is 0 Å². The molecule has 0 radical (unpaired) electrons. The van der Waals surface area contributed by atoms with Crippen LogP contribution in [0.3, 0.4) is 0 Å². The molecule has 1 amide bonds. The van der Waals surface area contributed by atoms with Gasteiger partial charge in [0.2, 0.25) is 11.7 Å². The van der Waals surface area contributed by atoms with E-state index in [0.29, 0.717) is 11.4 Å². The largest absolute Gasteiger partial charge is 0.475 e. The molecule has 1 aliphatic heterocycles. The highest BCUT2D eigenvalue weighted by molar-refractivity contribution is 6.09. The maximum Gasteiger partial charge on any atom is 0.374 e. The Labute approximate surface area is 103 Å². The zero-order valence-corrected chi connectivity index (χ0v) is 9.78. The molecule has 2 aliphatic rings. The fraction of sp³-hybridized carbons (Fsp3) is 0.500. The van der Waals surface area contributed by atoms with Crippen molar-refractivity contribution in [3.63, 3.8) is 0 Å². The van der Waals surface area contributed by atoms with E-state index in [1.165, 1.54) is 6.26 Å². The van der Waals surface area contributed by atoms with Gasteiger partial charge < -0.3 is 20.2 Å². The molecule has 2 heterocycles. The van der Waals surface area contributed by atoms with E-state index in [2.05, 4.69) is 10.6 Å². The summed E-state index contributed by atoms with van der Waals surface area (Å²) in [4.78, 5) is 23.2. The first-order chi connectivity index (χ1) is 8.62. The minimum absolute atomic E-state index is 0.0903. The molecule has 0 unspecified atom stereocenters. The smallest absolute Gasteiger partial charge is 0.374 e. The van der Waals surface area contributed by atoms with Gasteiger partial charge in [-0.1, -0.05) is 19.3 Å². The maximum absolute atomic E-state index is 12.2. The first-order valence-electron chi connectivity index (χ1n) is 6.07. The second-order valence-electron chi connectivity index (χ2n) is 4.88. The number of carbonyl (C=O) groups excluding carboxylic acids is 1. The van der Waals surface area contributed by atoms with Crippen LogP contribution in [0.25, 0.3) is 0 Å². The lowest BCUT2D eigenvalue weighted by molar-refractivity contribution is -0.121. The molecule has 3 rings (SSSR count). The molecule has 0 bridgehead atoms. The summed E-state index contributed by atoms with van der Waals surface area (Å²) in [6, 6.07) is 0. The van der Waals surface area contributed by atoms with Crippen LogP contribution in [0.15, 0.2) is 10.7 Å². The van der Waals surface area contributed by atoms with Crippen LogP contribution in [0, 0.1) is 0 Å². The number of rotatable bonds is 1. The minimum Gasteiger partial charge on any atom is -0.475 e. The van der Waals surface area contributed by atoms with Crippen LogP contribution in [-0.4, -0.2) is 22.5 Å². The Hall–Kier alpha value is -1.98. The number of carboxylic acids is 1. The van der Waals surface area contributed by atoms with Gasteiger partial charge in [0.15, 0.2) is 0 Å². The average molecular weight is 250 g/mol. The van der Waals surface area contributed by atoms with Gasteiger partial charge in [-0.05, 0) is 12.8 Å². The summed E-state index contributed by atoms with van der Waals surface area (Å²) in [5.74, 6) is -1.37. The van der Waals surface area contributed by atoms with Crippen molar-refractivity contribution in [2.45, 2.75) is 37.6 Å². The third kappa shape index (κ3) is 1.48. The topological polar surface area (TPSA) is 91.6 Å². The number of anilines is 2. The fourth-order valence-corrected chi connectivity index (χ4v) is 2.78. The molecule has 96 valence electrons. The van der Waals surface area contributed by atoms with Gasteiger partial charge in [-0.25, -0.2) is 4.79 Å². The van der Waals surface area contributed by atoms with Gasteiger partial charge in [0.05, 0.1) is 0 Å². The summed E-state index contributed by atoms with van der Waals surface area (Å²) < 4.78 is 4.98. The number of furan rings is 1. The normalized spacial score (nSPS) is 21.0. The Bertz CT molecular complexity index is 514. The molecular formula is C12H14N2O4. The summed E-state index contributed by atoms with van der Waals surface area (Å²) in [7, 11) is 0. The number of amides is 1. The van der Waals surface area contributed by atoms with E-state index < -0.39 is 11.5 Å². The van der Waals surface area contributed by atoms with E-state index in [-0.39, 0.29) is 11.7 Å². The number of carbonyl (C=O) groups is 2. The predicted octanol–water partition coefficient (Wildman–Crippen LogP) is 2.04. The number of hydrogen-bond acceptors (Lipinski definition) is 4. The van der Waals surface area contributed by atoms with Crippen molar-refractivity contribution < 1.29 is 19.1 Å². The van der Waals surface area contributed by atoms with Crippen molar-refractivity contribution in [1.82, 2.24) is 0 Å². The molecule has 1 fully saturated rings. The number of hydrogen-bond donors (Lipinski definition) is 3. The molecule has 6 nitrogen and oxygen atoms in total. The Morgan fingerprint density at radius 2 is 2.06 bits per heavy atom. The molecule has 6 heteroatoms. The van der Waals surface area contributed by atoms with E-state index >= 15 is 0 Å². The van der Waals surface area contributed by atoms with Gasteiger partial charge in [0, 0.05) is 0 Å². The van der Waals surface area contributed by atoms with Crippen molar-refractivity contribution in [3.05, 3.63) is 12.0 Å². The summed E-state index contributed by atoms with van der Waals surface area (Å²) in [5.41, 5.74) is 0.136. The predicted molar refractivity (Wildman–Crippen MR) is 63.7 cm³/mol. The summed E-state index contributed by atoms with van der Waals surface area (Å²) >= 11 is 0. The van der Waals surface area contributed by atoms with Gasteiger partial charge in [0.25, 0.3) is 0 Å². The average Bonchev–Trinajstić information content (AvgIpc) is 2.74. The van der Waals surface area contributed by atoms with Gasteiger partial charge in [-0.3, -0.25) is 4.79 Å². The first kappa shape index (κ1) is 11.1. The molecule has 0 saturated heterocycles. The molecule has 1 aliphatic carbocycles. The van der Waals surface area contributed by atoms with Crippen molar-refractivity contribution in [1.29, 1.82) is 0 Å². The van der Waals surface area contributed by atoms with Crippen LogP contribution in [0.5, 0.6) is 0 Å². The highest BCUT2D eigenvalue weighted by atomic mass is 16.4. The zero-order chi connectivity index (χ0) is 12.8. The zero-order valence-electron chi connectivity index (χ0n) is 9.78. The summed E-state index contributed by atoms with van der Waals surface area (Å²) in [5, 5.41) is 14.9. The van der Waals surface area contributed by atoms with Crippen molar-refractivity contribution in [2.75, 3.05) is 10.6 Å². The lowest BCUT2D eigenvalue weighted by Gasteiger charge is -2.40. The number of fused-ring (bicyclic) bond motifs is 1. The lowest BCUT2D eigenvalue weighted by Crippen LogP contribution is -2.53. The van der Waals surface area contributed by atoms with Crippen LogP contribution >= 0.6 is 0 Å². The Kier molecular flexibility index (Phi) is 2.33. The number of nitrogens with one attached hydrogen (secondary N) is 2. The van der Waals surface area contributed by atoms with Crippen LogP contribution in [0.1, 0.15) is 42.7 Å². The molecule has 1 saturated carbocycles. The van der Waals surface area contributed by atoms with E-state index in [1.807, 2.05) is 0 Å². The second kappa shape index (κ2) is 3.76. The Balaban J connectivity index is 2.00. The fourth-order valence-electron chi connectivity index (χ4n) is 2.78. The van der Waals surface area contributed by atoms with Crippen molar-refractivity contribution in [2.24, 2.45) is 0 Å². The van der Waals surface area contributed by atoms with E-state index in [1.54, 1.807) is 0 Å². The number of aromatic carboxylic acids is 1. The van der Waals surface area contributed by atoms with E-state index in [0.717, 1.165) is 32.1 Å². The SMILES string of the molecule is O=C(O)c1occ2c1NC1(CCCCC1)C(=O)N2. The molecule has 1 aromatic heterocycles. The van der Waals surface area contributed by atoms with Gasteiger partial charge in [0.1, 0.15) is 23.2 Å². The lowest BCUT2D eigenvalue weighted by atomic mass is 9.79. The molecule has 1 aromatic rings. The molecular weight excluding hydrogens is 236 g/mol. The molecule has 0 atom stereocenters. The standard InChI is InChI=1S/C12H14N2O4/c15-10(16)9-8-7(6-18-9)13-11(17)12(14-8)4-2-1-3-5-12/h6,14H,1-5H2,(H,13,17)(H,15,16). The summed E-state index contributed by atoms with van der Waals surface area (Å²) in [6.07, 6.45) is 5.76. The monoisotopic (exact) mass is 250 g/mol. The second-order valence-corrected chi connectivity index (χ2v) is 4.88. The van der Waals surface area contributed by atoms with Gasteiger partial charge in [-0.2, -0.15) is 0 Å². The van der Waals surface area contributed by atoms with Crippen LogP contribution < -0.4 is 10.6 Å². The first-order valence-corrected chi connectivity index (χ1v) is 6.07. The highest BCUT2D eigenvalue weighted by Gasteiger charge is 2.44. The Morgan fingerprint density at radius 3 is 2.72 bits per heavy atom. The van der Waals surface area contributed by atoms with Crippen molar-refractivity contribution >= 4 is 23.3 Å². The molecule has 1 spiro atoms. The number of carboxylic acid groups (broad SMARTS) is 1. The molecule has 3 N–H and O–H groups in total. The van der Waals surface area contributed by atoms with E-state index in [9.17, 15) is 9.59 Å². The maximum atomic E-state index is 12.2. The highest BCUT2D eigenvalue weighted by Crippen LogP contribution is 2.41. The minimum atomic E-state index is -1.13. The van der Waals surface area contributed by atoms with Crippen molar-refractivity contribution in [3.8, 4) is 0 Å².